The zero-order valence-electron chi connectivity index (χ0n) is 13.3. The highest BCUT2D eigenvalue weighted by Gasteiger charge is 2.18. The Hall–Kier alpha value is -3.11. The summed E-state index contributed by atoms with van der Waals surface area (Å²) in [5, 5.41) is 14.1. The molecule has 2 heterocycles. The number of methoxy groups -OCH3 is 1. The molecule has 0 atom stereocenters. The average Bonchev–Trinajstić information content (AvgIpc) is 3.25. The molecule has 8 nitrogen and oxygen atoms in total. The SMILES string of the molecule is COc1cc([N+](=O)[O-])cc2sc(NC(=O)c3ccc4ncsc4c3)nc12. The van der Waals surface area contributed by atoms with Crippen molar-refractivity contribution in [3.05, 3.63) is 51.5 Å². The van der Waals surface area contributed by atoms with Crippen molar-refractivity contribution in [2.24, 2.45) is 0 Å². The number of carbonyl (C=O) groups is 1. The molecule has 0 bridgehead atoms. The third kappa shape index (κ3) is 2.85. The highest BCUT2D eigenvalue weighted by molar-refractivity contribution is 7.22. The number of anilines is 1. The molecule has 0 fully saturated rings. The minimum absolute atomic E-state index is 0.0912. The van der Waals surface area contributed by atoms with Crippen molar-refractivity contribution < 1.29 is 14.5 Å². The number of non-ortho nitro benzene ring substituents is 1. The summed E-state index contributed by atoms with van der Waals surface area (Å²) in [5.41, 5.74) is 3.42. The van der Waals surface area contributed by atoms with Crippen molar-refractivity contribution in [2.75, 3.05) is 12.4 Å². The number of thiazole rings is 2. The van der Waals surface area contributed by atoms with E-state index in [4.69, 9.17) is 4.74 Å². The first-order valence-electron chi connectivity index (χ1n) is 7.33. The monoisotopic (exact) mass is 386 g/mol. The first-order chi connectivity index (χ1) is 12.5. The van der Waals surface area contributed by atoms with Gasteiger partial charge in [0.25, 0.3) is 11.6 Å². The van der Waals surface area contributed by atoms with Gasteiger partial charge in [-0.05, 0) is 18.2 Å². The molecule has 2 aromatic heterocycles. The Morgan fingerprint density at radius 1 is 1.27 bits per heavy atom. The van der Waals surface area contributed by atoms with Gasteiger partial charge in [-0.1, -0.05) is 11.3 Å². The predicted molar refractivity (Wildman–Crippen MR) is 100 cm³/mol. The second-order valence-corrected chi connectivity index (χ2v) is 7.18. The van der Waals surface area contributed by atoms with Crippen molar-refractivity contribution in [1.82, 2.24) is 9.97 Å². The Morgan fingerprint density at radius 3 is 2.88 bits per heavy atom. The molecule has 4 rings (SSSR count). The molecule has 26 heavy (non-hydrogen) atoms. The van der Waals surface area contributed by atoms with E-state index >= 15 is 0 Å². The van der Waals surface area contributed by atoms with Gasteiger partial charge >= 0.3 is 0 Å². The summed E-state index contributed by atoms with van der Waals surface area (Å²) in [5.74, 6) is -0.0233. The van der Waals surface area contributed by atoms with E-state index < -0.39 is 4.92 Å². The smallest absolute Gasteiger partial charge is 0.274 e. The molecule has 2 aromatic carbocycles. The lowest BCUT2D eigenvalue weighted by molar-refractivity contribution is -0.384. The summed E-state index contributed by atoms with van der Waals surface area (Å²) in [6.07, 6.45) is 0. The van der Waals surface area contributed by atoms with Crippen LogP contribution < -0.4 is 10.1 Å². The Morgan fingerprint density at radius 2 is 2.12 bits per heavy atom. The van der Waals surface area contributed by atoms with Crippen LogP contribution in [0.5, 0.6) is 5.75 Å². The largest absolute Gasteiger partial charge is 0.494 e. The number of nitrogens with zero attached hydrogens (tertiary/aromatic N) is 3. The number of aromatic nitrogens is 2. The van der Waals surface area contributed by atoms with Crippen molar-refractivity contribution >= 4 is 59.8 Å². The summed E-state index contributed by atoms with van der Waals surface area (Å²) in [6, 6.07) is 7.96. The van der Waals surface area contributed by atoms with Crippen LogP contribution in [0.2, 0.25) is 0 Å². The molecule has 0 saturated carbocycles. The van der Waals surface area contributed by atoms with Crippen molar-refractivity contribution in [2.45, 2.75) is 0 Å². The lowest BCUT2D eigenvalue weighted by Gasteiger charge is -2.01. The third-order valence-electron chi connectivity index (χ3n) is 3.69. The van der Waals surface area contributed by atoms with Crippen molar-refractivity contribution in [3.63, 3.8) is 0 Å². The molecule has 0 radical (unpaired) electrons. The molecule has 4 aromatic rings. The number of hydrogen-bond donors (Lipinski definition) is 1. The number of nitro benzene ring substituents is 1. The van der Waals surface area contributed by atoms with Crippen LogP contribution in [0.25, 0.3) is 20.4 Å². The molecule has 0 saturated heterocycles. The number of fused-ring (bicyclic) bond motifs is 2. The van der Waals surface area contributed by atoms with Crippen LogP contribution in [-0.4, -0.2) is 27.9 Å². The lowest BCUT2D eigenvalue weighted by atomic mass is 10.2. The molecular weight excluding hydrogens is 376 g/mol. The number of hydrogen-bond acceptors (Lipinski definition) is 8. The summed E-state index contributed by atoms with van der Waals surface area (Å²) < 4.78 is 6.66. The lowest BCUT2D eigenvalue weighted by Crippen LogP contribution is -2.11. The van der Waals surface area contributed by atoms with Gasteiger partial charge < -0.3 is 4.74 Å². The summed E-state index contributed by atoms with van der Waals surface area (Å²) >= 11 is 2.60. The van der Waals surface area contributed by atoms with Gasteiger partial charge in [-0.2, -0.15) is 0 Å². The highest BCUT2D eigenvalue weighted by atomic mass is 32.1. The van der Waals surface area contributed by atoms with E-state index in [-0.39, 0.29) is 17.3 Å². The molecule has 10 heteroatoms. The zero-order valence-corrected chi connectivity index (χ0v) is 14.9. The first kappa shape index (κ1) is 16.4. The number of rotatable bonds is 4. The number of nitrogens with one attached hydrogen (secondary N) is 1. The second kappa shape index (κ2) is 6.32. The van der Waals surface area contributed by atoms with Gasteiger partial charge in [0.1, 0.15) is 5.52 Å². The quantitative estimate of drug-likeness (QED) is 0.418. The fourth-order valence-corrected chi connectivity index (χ4v) is 4.09. The summed E-state index contributed by atoms with van der Waals surface area (Å²) in [4.78, 5) is 31.5. The number of nitro groups is 1. The Labute approximate surface area is 154 Å². The third-order valence-corrected chi connectivity index (χ3v) is 5.40. The van der Waals surface area contributed by atoms with E-state index in [1.54, 1.807) is 23.7 Å². The standard InChI is InChI=1S/C16H10N4O4S2/c1-24-11-5-9(20(22)23)6-13-14(11)18-16(26-13)19-15(21)8-2-3-10-12(4-8)25-7-17-10/h2-7H,1H3,(H,18,19,21). The maximum absolute atomic E-state index is 12.5. The normalized spacial score (nSPS) is 11.0. The fourth-order valence-electron chi connectivity index (χ4n) is 2.47. The van der Waals surface area contributed by atoms with Crippen LogP contribution in [0.3, 0.4) is 0 Å². The molecule has 0 unspecified atom stereocenters. The van der Waals surface area contributed by atoms with Gasteiger partial charge in [0.05, 0.1) is 38.5 Å². The fraction of sp³-hybridized carbons (Fsp3) is 0.0625. The second-order valence-electron chi connectivity index (χ2n) is 5.26. The van der Waals surface area contributed by atoms with Crippen LogP contribution >= 0.6 is 22.7 Å². The Bertz CT molecular complexity index is 1170. The van der Waals surface area contributed by atoms with Crippen molar-refractivity contribution in [3.8, 4) is 5.75 Å². The molecule has 0 aliphatic heterocycles. The van der Waals surface area contributed by atoms with E-state index in [1.807, 2.05) is 0 Å². The minimum Gasteiger partial charge on any atom is -0.494 e. The molecule has 0 aliphatic rings. The Kier molecular flexibility index (Phi) is 3.98. The Balaban J connectivity index is 1.68. The van der Waals surface area contributed by atoms with Crippen LogP contribution in [0.4, 0.5) is 10.8 Å². The van der Waals surface area contributed by atoms with E-state index in [0.717, 1.165) is 21.6 Å². The van der Waals surface area contributed by atoms with E-state index in [9.17, 15) is 14.9 Å². The van der Waals surface area contributed by atoms with Gasteiger partial charge in [-0.3, -0.25) is 20.2 Å². The number of carbonyl (C=O) groups excluding carboxylic acids is 1. The maximum Gasteiger partial charge on any atom is 0.274 e. The molecular formula is C16H10N4O4S2. The molecule has 0 spiro atoms. The zero-order chi connectivity index (χ0) is 18.3. The van der Waals surface area contributed by atoms with Crippen LogP contribution in [-0.2, 0) is 0 Å². The molecule has 130 valence electrons. The predicted octanol–water partition coefficient (Wildman–Crippen LogP) is 4.08. The van der Waals surface area contributed by atoms with Gasteiger partial charge in [-0.15, -0.1) is 11.3 Å². The van der Waals surface area contributed by atoms with E-state index in [1.165, 1.54) is 30.6 Å². The van der Waals surface area contributed by atoms with Crippen molar-refractivity contribution in [1.29, 1.82) is 0 Å². The molecule has 1 N–H and O–H groups in total. The number of amides is 1. The topological polar surface area (TPSA) is 107 Å². The average molecular weight is 386 g/mol. The van der Waals surface area contributed by atoms with Gasteiger partial charge in [0.2, 0.25) is 0 Å². The number of ether oxygens (including phenoxy) is 1. The summed E-state index contributed by atoms with van der Waals surface area (Å²) in [7, 11) is 1.42. The van der Waals surface area contributed by atoms with Gasteiger partial charge in [-0.25, -0.2) is 9.97 Å². The van der Waals surface area contributed by atoms with Crippen LogP contribution in [0.15, 0.2) is 35.8 Å². The maximum atomic E-state index is 12.5. The van der Waals surface area contributed by atoms with Crippen LogP contribution in [0.1, 0.15) is 10.4 Å². The molecule has 1 amide bonds. The first-order valence-corrected chi connectivity index (χ1v) is 9.02. The van der Waals surface area contributed by atoms with Crippen LogP contribution in [0, 0.1) is 10.1 Å². The van der Waals surface area contributed by atoms with E-state index in [2.05, 4.69) is 15.3 Å². The minimum atomic E-state index is -0.496. The highest BCUT2D eigenvalue weighted by Crippen LogP contribution is 2.36. The molecule has 0 aliphatic carbocycles. The van der Waals surface area contributed by atoms with Gasteiger partial charge in [0, 0.05) is 11.6 Å². The van der Waals surface area contributed by atoms with E-state index in [0.29, 0.717) is 20.9 Å². The van der Waals surface area contributed by atoms with Gasteiger partial charge in [0.15, 0.2) is 10.9 Å². The summed E-state index contributed by atoms with van der Waals surface area (Å²) in [6.45, 7) is 0. The number of benzene rings is 2.